The number of halogens is 2. The summed E-state index contributed by atoms with van der Waals surface area (Å²) in [7, 11) is 0. The van der Waals surface area contributed by atoms with Crippen molar-refractivity contribution in [2.45, 2.75) is 0 Å². The van der Waals surface area contributed by atoms with Gasteiger partial charge in [-0.3, -0.25) is 10.1 Å². The number of benzene rings is 3. The van der Waals surface area contributed by atoms with E-state index in [9.17, 15) is 4.79 Å². The maximum atomic E-state index is 13.2. The summed E-state index contributed by atoms with van der Waals surface area (Å²) < 4.78 is 0.851. The molecule has 2 heterocycles. The van der Waals surface area contributed by atoms with Crippen molar-refractivity contribution in [3.05, 3.63) is 88.4 Å². The lowest BCUT2D eigenvalue weighted by Crippen LogP contribution is -2.13. The summed E-state index contributed by atoms with van der Waals surface area (Å²) in [6.45, 7) is 0. The molecule has 1 amide bonds. The van der Waals surface area contributed by atoms with Gasteiger partial charge in [-0.15, -0.1) is 0 Å². The lowest BCUT2D eigenvalue weighted by molar-refractivity contribution is 0.102. The molecule has 4 nitrogen and oxygen atoms in total. The average Bonchev–Trinajstić information content (AvgIpc) is 3.19. The Morgan fingerprint density at radius 2 is 1.67 bits per heavy atom. The van der Waals surface area contributed by atoms with Gasteiger partial charge in [-0.2, -0.15) is 0 Å². The van der Waals surface area contributed by atoms with E-state index in [2.05, 4.69) is 10.3 Å². The van der Waals surface area contributed by atoms with Crippen LogP contribution in [0, 0.1) is 0 Å². The van der Waals surface area contributed by atoms with E-state index in [0.717, 1.165) is 26.9 Å². The van der Waals surface area contributed by atoms with Crippen LogP contribution in [0.25, 0.3) is 32.4 Å². The van der Waals surface area contributed by atoms with Crippen LogP contribution in [0.4, 0.5) is 5.13 Å². The number of rotatable bonds is 3. The number of hydrogen-bond acceptors (Lipinski definition) is 4. The molecule has 0 atom stereocenters. The van der Waals surface area contributed by atoms with Gasteiger partial charge in [0.25, 0.3) is 5.91 Å². The fourth-order valence-corrected chi connectivity index (χ4v) is 4.56. The molecule has 0 unspecified atom stereocenters. The molecule has 0 aliphatic rings. The van der Waals surface area contributed by atoms with Crippen LogP contribution in [0.3, 0.4) is 0 Å². The van der Waals surface area contributed by atoms with Crippen LogP contribution in [0.5, 0.6) is 0 Å². The third-order valence-corrected chi connectivity index (χ3v) is 6.43. The van der Waals surface area contributed by atoms with Gasteiger partial charge in [-0.1, -0.05) is 83.1 Å². The summed E-state index contributed by atoms with van der Waals surface area (Å²) >= 11 is 13.7. The van der Waals surface area contributed by atoms with Gasteiger partial charge in [0.2, 0.25) is 0 Å². The molecule has 30 heavy (non-hydrogen) atoms. The summed E-state index contributed by atoms with van der Waals surface area (Å²) in [6.07, 6.45) is 0. The quantitative estimate of drug-likeness (QED) is 0.320. The van der Waals surface area contributed by atoms with Crippen molar-refractivity contribution < 1.29 is 4.79 Å². The van der Waals surface area contributed by atoms with Gasteiger partial charge in [-0.05, 0) is 24.3 Å². The fraction of sp³-hybridized carbons (Fsp3) is 0. The monoisotopic (exact) mass is 449 g/mol. The van der Waals surface area contributed by atoms with E-state index < -0.39 is 0 Å². The van der Waals surface area contributed by atoms with E-state index in [0.29, 0.717) is 26.3 Å². The Bertz CT molecular complexity index is 1420. The smallest absolute Gasteiger partial charge is 0.258 e. The summed E-state index contributed by atoms with van der Waals surface area (Å²) in [5, 5.41) is 4.95. The minimum atomic E-state index is -0.257. The van der Waals surface area contributed by atoms with Gasteiger partial charge in [-0.25, -0.2) is 9.97 Å². The van der Waals surface area contributed by atoms with E-state index in [-0.39, 0.29) is 5.91 Å². The van der Waals surface area contributed by atoms with Gasteiger partial charge in [0, 0.05) is 10.9 Å². The van der Waals surface area contributed by atoms with Crippen LogP contribution in [0.2, 0.25) is 10.0 Å². The molecule has 3 aromatic carbocycles. The molecule has 0 saturated heterocycles. The highest BCUT2D eigenvalue weighted by Crippen LogP contribution is 2.35. The topological polar surface area (TPSA) is 54.9 Å². The zero-order valence-electron chi connectivity index (χ0n) is 15.4. The van der Waals surface area contributed by atoms with Gasteiger partial charge in [0.15, 0.2) is 5.13 Å². The maximum absolute atomic E-state index is 13.2. The number of anilines is 1. The van der Waals surface area contributed by atoms with Crippen molar-refractivity contribution in [1.82, 2.24) is 9.97 Å². The first-order valence-electron chi connectivity index (χ1n) is 9.11. The highest BCUT2D eigenvalue weighted by molar-refractivity contribution is 7.22. The van der Waals surface area contributed by atoms with Crippen molar-refractivity contribution in [2.24, 2.45) is 0 Å². The zero-order valence-corrected chi connectivity index (χ0v) is 17.7. The molecule has 0 bridgehead atoms. The Hall–Kier alpha value is -2.99. The summed E-state index contributed by atoms with van der Waals surface area (Å²) in [5.41, 5.74) is 3.54. The molecular weight excluding hydrogens is 437 g/mol. The summed E-state index contributed by atoms with van der Waals surface area (Å²) in [6, 6.07) is 22.7. The van der Waals surface area contributed by atoms with E-state index in [4.69, 9.17) is 28.2 Å². The molecule has 5 aromatic rings. The minimum absolute atomic E-state index is 0.257. The van der Waals surface area contributed by atoms with Crippen LogP contribution in [-0.4, -0.2) is 15.9 Å². The molecule has 146 valence electrons. The number of carbonyl (C=O) groups excluding carboxylic acids is 1. The molecule has 7 heteroatoms. The number of thiazole rings is 1. The van der Waals surface area contributed by atoms with E-state index in [1.807, 2.05) is 66.7 Å². The minimum Gasteiger partial charge on any atom is -0.298 e. The number of para-hydroxylation sites is 1. The van der Waals surface area contributed by atoms with Gasteiger partial charge in [0.05, 0.1) is 31.5 Å². The molecule has 1 N–H and O–H groups in total. The molecule has 2 aromatic heterocycles. The average molecular weight is 450 g/mol. The molecule has 0 fully saturated rings. The Kier molecular flexibility index (Phi) is 4.87. The number of pyridine rings is 1. The second-order valence-electron chi connectivity index (χ2n) is 6.62. The van der Waals surface area contributed by atoms with E-state index in [1.54, 1.807) is 6.07 Å². The number of nitrogens with zero attached hydrogens (tertiary/aromatic N) is 2. The number of nitrogens with one attached hydrogen (secondary N) is 1. The molecular formula is C23H13Cl2N3OS. The van der Waals surface area contributed by atoms with Crippen molar-refractivity contribution in [2.75, 3.05) is 5.32 Å². The fourth-order valence-electron chi connectivity index (χ4n) is 3.28. The number of amides is 1. The standard InChI is InChI=1S/C23H13Cl2N3OS/c24-16-10-11-19-21(20(16)25)27-23(30-19)28-22(29)15-12-18(13-6-2-1-3-7-13)26-17-9-5-4-8-14(15)17/h1-12H,(H,27,28,29). The van der Waals surface area contributed by atoms with Crippen LogP contribution >= 0.6 is 34.5 Å². The first-order chi connectivity index (χ1) is 14.6. The lowest BCUT2D eigenvalue weighted by Gasteiger charge is -2.09. The lowest BCUT2D eigenvalue weighted by atomic mass is 10.0. The van der Waals surface area contributed by atoms with Gasteiger partial charge >= 0.3 is 0 Å². The summed E-state index contributed by atoms with van der Waals surface area (Å²) in [5.74, 6) is -0.257. The molecule has 0 spiro atoms. The first-order valence-corrected chi connectivity index (χ1v) is 10.7. The van der Waals surface area contributed by atoms with Crippen molar-refractivity contribution in [1.29, 1.82) is 0 Å². The van der Waals surface area contributed by atoms with Gasteiger partial charge in [0.1, 0.15) is 5.52 Å². The second-order valence-corrected chi connectivity index (χ2v) is 8.44. The van der Waals surface area contributed by atoms with Crippen LogP contribution < -0.4 is 5.32 Å². The molecule has 5 rings (SSSR count). The summed E-state index contributed by atoms with van der Waals surface area (Å²) in [4.78, 5) is 22.4. The number of aromatic nitrogens is 2. The number of carbonyl (C=O) groups is 1. The van der Waals surface area contributed by atoms with Crippen molar-refractivity contribution >= 4 is 66.7 Å². The van der Waals surface area contributed by atoms with Crippen LogP contribution in [0.1, 0.15) is 10.4 Å². The van der Waals surface area contributed by atoms with Crippen molar-refractivity contribution in [3.63, 3.8) is 0 Å². The zero-order chi connectivity index (χ0) is 20.7. The maximum Gasteiger partial charge on any atom is 0.258 e. The number of hydrogen-bond donors (Lipinski definition) is 1. The Morgan fingerprint density at radius 1 is 0.900 bits per heavy atom. The van der Waals surface area contributed by atoms with Crippen LogP contribution in [0.15, 0.2) is 72.8 Å². The first kappa shape index (κ1) is 19.0. The molecule has 0 radical (unpaired) electrons. The van der Waals surface area contributed by atoms with E-state index >= 15 is 0 Å². The third kappa shape index (κ3) is 3.41. The SMILES string of the molecule is O=C(Nc1nc2c(Cl)c(Cl)ccc2s1)c1cc(-c2ccccc2)nc2ccccc12. The third-order valence-electron chi connectivity index (χ3n) is 4.70. The molecule has 0 saturated carbocycles. The van der Waals surface area contributed by atoms with Gasteiger partial charge < -0.3 is 0 Å². The predicted molar refractivity (Wildman–Crippen MR) is 125 cm³/mol. The Morgan fingerprint density at radius 3 is 2.50 bits per heavy atom. The van der Waals surface area contributed by atoms with E-state index in [1.165, 1.54) is 11.3 Å². The Balaban J connectivity index is 1.58. The predicted octanol–water partition coefficient (Wildman–Crippen LogP) is 7.07. The highest BCUT2D eigenvalue weighted by Gasteiger charge is 2.17. The highest BCUT2D eigenvalue weighted by atomic mass is 35.5. The Labute approximate surface area is 186 Å². The normalized spacial score (nSPS) is 11.1. The largest absolute Gasteiger partial charge is 0.298 e. The van der Waals surface area contributed by atoms with Crippen LogP contribution in [-0.2, 0) is 0 Å². The molecule has 0 aliphatic heterocycles. The number of fused-ring (bicyclic) bond motifs is 2. The second kappa shape index (κ2) is 7.69. The molecule has 0 aliphatic carbocycles. The van der Waals surface area contributed by atoms with Crippen molar-refractivity contribution in [3.8, 4) is 11.3 Å².